The number of rotatable bonds is 6. The average Bonchev–Trinajstić information content (AvgIpc) is 2.86. The second kappa shape index (κ2) is 7.53. The normalized spacial score (nSPS) is 14.9. The van der Waals surface area contributed by atoms with E-state index in [-0.39, 0.29) is 12.4 Å². The zero-order valence-electron chi connectivity index (χ0n) is 14.5. The van der Waals surface area contributed by atoms with Gasteiger partial charge in [0.25, 0.3) is 0 Å². The van der Waals surface area contributed by atoms with Gasteiger partial charge < -0.3 is 19.7 Å². The van der Waals surface area contributed by atoms with Crippen molar-refractivity contribution in [3.05, 3.63) is 46.1 Å². The summed E-state index contributed by atoms with van der Waals surface area (Å²) < 4.78 is 10.3. The fourth-order valence-electron chi connectivity index (χ4n) is 2.79. The zero-order chi connectivity index (χ0) is 17.9. The topological polar surface area (TPSA) is 76.0 Å². The van der Waals surface area contributed by atoms with E-state index in [2.05, 4.69) is 0 Å². The van der Waals surface area contributed by atoms with E-state index in [1.54, 1.807) is 6.07 Å². The lowest BCUT2D eigenvalue weighted by Gasteiger charge is -2.12. The minimum atomic E-state index is -0.521. The smallest absolute Gasteiger partial charge is 0.339 e. The molecular weight excluding hydrogens is 308 g/mol. The van der Waals surface area contributed by atoms with Crippen LogP contribution >= 0.6 is 0 Å². The Bertz CT molecular complexity index is 696. The van der Waals surface area contributed by atoms with Crippen LogP contribution < -0.4 is 4.74 Å². The van der Waals surface area contributed by atoms with E-state index in [9.17, 15) is 15.0 Å². The molecule has 1 aliphatic heterocycles. The van der Waals surface area contributed by atoms with Gasteiger partial charge in [-0.3, -0.25) is 0 Å². The van der Waals surface area contributed by atoms with Crippen molar-refractivity contribution in [3.8, 4) is 11.5 Å². The maximum absolute atomic E-state index is 11.6. The third-order valence-corrected chi connectivity index (χ3v) is 3.97. The molecule has 0 aromatic heterocycles. The number of esters is 1. The van der Waals surface area contributed by atoms with E-state index in [1.165, 1.54) is 7.11 Å². The standard InChI is InChI=1S/C19H24O5/c1-11(2)7-13(20)8-12(3)5-6-14-17(23-4)9-15-16(18(14)21)10-24-19(15)22/h5,7,9,13,20-21H,6,8,10H2,1-4H3/b12-5+/t13-/m0/s1. The molecule has 0 unspecified atom stereocenters. The first-order valence-electron chi connectivity index (χ1n) is 7.91. The molecule has 0 aliphatic carbocycles. The average molecular weight is 332 g/mol. The Labute approximate surface area is 142 Å². The molecule has 0 spiro atoms. The van der Waals surface area contributed by atoms with Gasteiger partial charge in [-0.2, -0.15) is 0 Å². The van der Waals surface area contributed by atoms with E-state index < -0.39 is 12.1 Å². The third kappa shape index (κ3) is 3.97. The largest absolute Gasteiger partial charge is 0.507 e. The van der Waals surface area contributed by atoms with E-state index in [0.29, 0.717) is 35.3 Å². The molecular formula is C19H24O5. The summed E-state index contributed by atoms with van der Waals surface area (Å²) in [6.07, 6.45) is 4.22. The summed E-state index contributed by atoms with van der Waals surface area (Å²) in [6, 6.07) is 1.61. The van der Waals surface area contributed by atoms with Crippen LogP contribution in [0.25, 0.3) is 0 Å². The first kappa shape index (κ1) is 18.1. The number of fused-ring (bicyclic) bond motifs is 1. The Morgan fingerprint density at radius 1 is 1.42 bits per heavy atom. The molecule has 5 nitrogen and oxygen atoms in total. The molecule has 2 N–H and O–H groups in total. The number of ether oxygens (including phenoxy) is 2. The summed E-state index contributed by atoms with van der Waals surface area (Å²) >= 11 is 0. The van der Waals surface area contributed by atoms with Crippen molar-refractivity contribution in [1.82, 2.24) is 0 Å². The predicted molar refractivity (Wildman–Crippen MR) is 91.3 cm³/mol. The van der Waals surface area contributed by atoms with Gasteiger partial charge in [-0.25, -0.2) is 4.79 Å². The summed E-state index contributed by atoms with van der Waals surface area (Å²) in [5.41, 5.74) is 3.55. The van der Waals surface area contributed by atoms with Crippen molar-refractivity contribution in [2.24, 2.45) is 0 Å². The number of benzene rings is 1. The van der Waals surface area contributed by atoms with Crippen LogP contribution in [0.15, 0.2) is 29.4 Å². The highest BCUT2D eigenvalue weighted by atomic mass is 16.5. The maximum Gasteiger partial charge on any atom is 0.339 e. The number of phenolic OH excluding ortho intramolecular Hbond substituents is 1. The summed E-state index contributed by atoms with van der Waals surface area (Å²) in [4.78, 5) is 11.6. The molecule has 1 atom stereocenters. The number of aliphatic hydroxyl groups excluding tert-OH is 1. The van der Waals surface area contributed by atoms with Gasteiger partial charge in [0, 0.05) is 11.1 Å². The number of carbonyl (C=O) groups is 1. The number of carbonyl (C=O) groups excluding carboxylic acids is 1. The van der Waals surface area contributed by atoms with Gasteiger partial charge >= 0.3 is 5.97 Å². The van der Waals surface area contributed by atoms with Crippen LogP contribution in [0.5, 0.6) is 11.5 Å². The molecule has 1 aliphatic rings. The van der Waals surface area contributed by atoms with Crippen molar-refractivity contribution >= 4 is 5.97 Å². The minimum Gasteiger partial charge on any atom is -0.507 e. The molecule has 0 radical (unpaired) electrons. The number of aromatic hydroxyl groups is 1. The Balaban J connectivity index is 2.22. The van der Waals surface area contributed by atoms with Crippen LogP contribution in [0.4, 0.5) is 0 Å². The summed E-state index contributed by atoms with van der Waals surface area (Å²) in [5.74, 6) is 0.0600. The lowest BCUT2D eigenvalue weighted by Crippen LogP contribution is -2.04. The Morgan fingerprint density at radius 3 is 2.75 bits per heavy atom. The van der Waals surface area contributed by atoms with Gasteiger partial charge in [0.15, 0.2) is 0 Å². The second-order valence-electron chi connectivity index (χ2n) is 6.28. The first-order chi connectivity index (χ1) is 11.3. The van der Waals surface area contributed by atoms with E-state index in [4.69, 9.17) is 9.47 Å². The third-order valence-electron chi connectivity index (χ3n) is 3.97. The van der Waals surface area contributed by atoms with Crippen molar-refractivity contribution < 1.29 is 24.5 Å². The Morgan fingerprint density at radius 2 is 2.12 bits per heavy atom. The van der Waals surface area contributed by atoms with Crippen LogP contribution in [0.2, 0.25) is 0 Å². The molecule has 0 bridgehead atoms. The fourth-order valence-corrected chi connectivity index (χ4v) is 2.79. The number of allylic oxidation sites excluding steroid dienone is 2. The molecule has 0 saturated carbocycles. The molecule has 5 heteroatoms. The lowest BCUT2D eigenvalue weighted by atomic mass is 9.98. The quantitative estimate of drug-likeness (QED) is 0.617. The van der Waals surface area contributed by atoms with Crippen LogP contribution in [-0.2, 0) is 17.8 Å². The zero-order valence-corrected chi connectivity index (χ0v) is 14.5. The lowest BCUT2D eigenvalue weighted by molar-refractivity contribution is 0.0534. The molecule has 1 aromatic carbocycles. The first-order valence-corrected chi connectivity index (χ1v) is 7.91. The number of hydrogen-bond donors (Lipinski definition) is 2. The summed E-state index contributed by atoms with van der Waals surface area (Å²) in [6.45, 7) is 5.91. The molecule has 0 fully saturated rings. The highest BCUT2D eigenvalue weighted by Gasteiger charge is 2.28. The predicted octanol–water partition coefficient (Wildman–Crippen LogP) is 3.28. The van der Waals surface area contributed by atoms with Gasteiger partial charge in [0.1, 0.15) is 18.1 Å². The van der Waals surface area contributed by atoms with E-state index in [1.807, 2.05) is 32.9 Å². The van der Waals surface area contributed by atoms with E-state index in [0.717, 1.165) is 11.1 Å². The number of hydrogen-bond acceptors (Lipinski definition) is 5. The molecule has 130 valence electrons. The van der Waals surface area contributed by atoms with Gasteiger partial charge in [0.05, 0.1) is 18.8 Å². The highest BCUT2D eigenvalue weighted by molar-refractivity contribution is 5.95. The number of methoxy groups -OCH3 is 1. The van der Waals surface area contributed by atoms with Crippen LogP contribution in [0.3, 0.4) is 0 Å². The molecule has 0 amide bonds. The summed E-state index contributed by atoms with van der Waals surface area (Å²) in [7, 11) is 1.50. The number of cyclic esters (lactones) is 1. The van der Waals surface area contributed by atoms with Crippen LogP contribution in [0.1, 0.15) is 48.7 Å². The Hall–Kier alpha value is -2.27. The minimum absolute atomic E-state index is 0.0455. The fraction of sp³-hybridized carbons (Fsp3) is 0.421. The highest BCUT2D eigenvalue weighted by Crippen LogP contribution is 2.38. The molecule has 2 rings (SSSR count). The van der Waals surface area contributed by atoms with E-state index >= 15 is 0 Å². The Kier molecular flexibility index (Phi) is 5.67. The van der Waals surface area contributed by atoms with Crippen molar-refractivity contribution in [2.75, 3.05) is 7.11 Å². The molecule has 24 heavy (non-hydrogen) atoms. The second-order valence-corrected chi connectivity index (χ2v) is 6.28. The molecule has 1 aromatic rings. The van der Waals surface area contributed by atoms with Gasteiger partial charge in [-0.05, 0) is 39.7 Å². The monoisotopic (exact) mass is 332 g/mol. The van der Waals surface area contributed by atoms with Crippen LogP contribution in [-0.4, -0.2) is 29.4 Å². The molecule has 1 heterocycles. The molecule has 0 saturated heterocycles. The van der Waals surface area contributed by atoms with Crippen molar-refractivity contribution in [2.45, 2.75) is 46.3 Å². The summed E-state index contributed by atoms with van der Waals surface area (Å²) in [5, 5.41) is 20.4. The van der Waals surface area contributed by atoms with Gasteiger partial charge in [0.2, 0.25) is 0 Å². The van der Waals surface area contributed by atoms with Gasteiger partial charge in [-0.1, -0.05) is 23.3 Å². The van der Waals surface area contributed by atoms with Crippen LogP contribution in [0, 0.1) is 0 Å². The van der Waals surface area contributed by atoms with Crippen molar-refractivity contribution in [3.63, 3.8) is 0 Å². The van der Waals surface area contributed by atoms with Gasteiger partial charge in [-0.15, -0.1) is 0 Å². The van der Waals surface area contributed by atoms with Crippen molar-refractivity contribution in [1.29, 1.82) is 0 Å². The maximum atomic E-state index is 11.6. The number of aliphatic hydroxyl groups is 1. The SMILES string of the molecule is COc1cc2c(c(O)c1C/C=C(\C)C[C@@H](O)C=C(C)C)COC2=O. The number of phenols is 1.